The van der Waals surface area contributed by atoms with Gasteiger partial charge in [-0.1, -0.05) is 19.3 Å². The Bertz CT molecular complexity index is 411. The molecule has 2 saturated carbocycles. The maximum absolute atomic E-state index is 10.1. The highest BCUT2D eigenvalue weighted by atomic mass is 16.1. The van der Waals surface area contributed by atoms with Gasteiger partial charge in [0.25, 0.3) is 0 Å². The summed E-state index contributed by atoms with van der Waals surface area (Å²) in [5.74, 6) is 3.66. The van der Waals surface area contributed by atoms with E-state index in [0.717, 1.165) is 36.5 Å². The molecule has 0 spiro atoms. The van der Waals surface area contributed by atoms with Crippen molar-refractivity contribution in [1.82, 2.24) is 0 Å². The number of unbranched alkanes of at least 4 members (excludes halogenated alkanes) is 2. The average Bonchev–Trinajstić information content (AvgIpc) is 3.07. The van der Waals surface area contributed by atoms with E-state index in [2.05, 4.69) is 9.98 Å². The van der Waals surface area contributed by atoms with Crippen molar-refractivity contribution in [2.75, 3.05) is 13.1 Å². The zero-order chi connectivity index (χ0) is 14.9. The number of carbonyl (C=O) groups excluding carboxylic acids is 2. The summed E-state index contributed by atoms with van der Waals surface area (Å²) in [5.41, 5.74) is 0. The van der Waals surface area contributed by atoms with Crippen LogP contribution in [0.4, 0.5) is 0 Å². The molecule has 0 saturated heterocycles. The molecule has 0 heterocycles. The van der Waals surface area contributed by atoms with Gasteiger partial charge in [0.1, 0.15) is 0 Å². The van der Waals surface area contributed by atoms with Gasteiger partial charge in [0, 0.05) is 0 Å². The SMILES string of the molecule is O=C=NCCCCCC1CC2CC(CCCN=C=O)C1C2. The molecule has 0 aromatic rings. The van der Waals surface area contributed by atoms with E-state index in [1.54, 1.807) is 12.2 Å². The highest BCUT2D eigenvalue weighted by Gasteiger charge is 2.44. The number of nitrogens with zero attached hydrogens (tertiary/aromatic N) is 2. The summed E-state index contributed by atoms with van der Waals surface area (Å²) in [5, 5.41) is 0. The van der Waals surface area contributed by atoms with Crippen LogP contribution < -0.4 is 0 Å². The molecule has 2 bridgehead atoms. The van der Waals surface area contributed by atoms with Crippen molar-refractivity contribution >= 4 is 12.2 Å². The van der Waals surface area contributed by atoms with Gasteiger partial charge in [-0.2, -0.15) is 0 Å². The Balaban J connectivity index is 1.63. The number of aliphatic imine (C=N–C) groups is 2. The fourth-order valence-corrected chi connectivity index (χ4v) is 4.61. The van der Waals surface area contributed by atoms with Gasteiger partial charge in [-0.25, -0.2) is 19.6 Å². The first-order valence-electron chi connectivity index (χ1n) is 8.42. The minimum atomic E-state index is 0.639. The summed E-state index contributed by atoms with van der Waals surface area (Å²) in [6.07, 6.45) is 14.6. The highest BCUT2D eigenvalue weighted by molar-refractivity contribution is 5.32. The molecular weight excluding hydrogens is 264 g/mol. The van der Waals surface area contributed by atoms with E-state index in [-0.39, 0.29) is 0 Å². The third kappa shape index (κ3) is 4.91. The molecule has 0 amide bonds. The Morgan fingerprint density at radius 2 is 1.38 bits per heavy atom. The molecule has 0 N–H and O–H groups in total. The van der Waals surface area contributed by atoms with Crippen molar-refractivity contribution in [2.24, 2.45) is 33.7 Å². The van der Waals surface area contributed by atoms with Gasteiger partial charge in [0.05, 0.1) is 13.1 Å². The standard InChI is InChI=1S/C17H26N2O2/c20-12-18-7-3-1-2-5-15-9-14-10-16(17(15)11-14)6-4-8-19-13-21/h14-17H,1-11H2. The number of fused-ring (bicyclic) bond motifs is 2. The number of isocyanates is 2. The maximum Gasteiger partial charge on any atom is 0.234 e. The Labute approximate surface area is 127 Å². The molecule has 0 aromatic carbocycles. The van der Waals surface area contributed by atoms with Crippen LogP contribution in [0.25, 0.3) is 0 Å². The van der Waals surface area contributed by atoms with Gasteiger partial charge in [-0.05, 0) is 62.2 Å². The largest absolute Gasteiger partial charge is 0.234 e. The van der Waals surface area contributed by atoms with E-state index in [1.807, 2.05) is 0 Å². The van der Waals surface area contributed by atoms with Crippen molar-refractivity contribution < 1.29 is 9.59 Å². The van der Waals surface area contributed by atoms with Crippen LogP contribution in [0.1, 0.15) is 57.8 Å². The van der Waals surface area contributed by atoms with Crippen LogP contribution in [-0.4, -0.2) is 25.2 Å². The van der Waals surface area contributed by atoms with Gasteiger partial charge < -0.3 is 0 Å². The summed E-state index contributed by atoms with van der Waals surface area (Å²) in [4.78, 5) is 27.3. The Morgan fingerprint density at radius 1 is 0.762 bits per heavy atom. The summed E-state index contributed by atoms with van der Waals surface area (Å²) in [6.45, 7) is 1.29. The van der Waals surface area contributed by atoms with Crippen LogP contribution in [0.5, 0.6) is 0 Å². The fourth-order valence-electron chi connectivity index (χ4n) is 4.61. The Morgan fingerprint density at radius 3 is 2.00 bits per heavy atom. The van der Waals surface area contributed by atoms with Crippen LogP contribution in [-0.2, 0) is 9.59 Å². The molecule has 4 nitrogen and oxygen atoms in total. The molecule has 2 fully saturated rings. The Hall–Kier alpha value is -1.24. The van der Waals surface area contributed by atoms with Gasteiger partial charge in [0.15, 0.2) is 0 Å². The van der Waals surface area contributed by atoms with E-state index < -0.39 is 0 Å². The average molecular weight is 290 g/mol. The molecule has 4 heteroatoms. The highest BCUT2D eigenvalue weighted by Crippen LogP contribution is 2.54. The monoisotopic (exact) mass is 290 g/mol. The molecule has 0 radical (unpaired) electrons. The topological polar surface area (TPSA) is 58.9 Å². The minimum Gasteiger partial charge on any atom is -0.211 e. The molecule has 2 aliphatic rings. The minimum absolute atomic E-state index is 0.639. The molecule has 0 aliphatic heterocycles. The number of hydrogen-bond donors (Lipinski definition) is 0. The first-order chi connectivity index (χ1) is 10.3. The molecule has 4 unspecified atom stereocenters. The molecule has 2 rings (SSSR count). The van der Waals surface area contributed by atoms with Gasteiger partial charge >= 0.3 is 0 Å². The predicted octanol–water partition coefficient (Wildman–Crippen LogP) is 3.66. The predicted molar refractivity (Wildman–Crippen MR) is 81.5 cm³/mol. The van der Waals surface area contributed by atoms with Crippen LogP contribution in [0.3, 0.4) is 0 Å². The molecule has 2 aliphatic carbocycles. The summed E-state index contributed by atoms with van der Waals surface area (Å²) in [7, 11) is 0. The van der Waals surface area contributed by atoms with E-state index in [0.29, 0.717) is 13.1 Å². The smallest absolute Gasteiger partial charge is 0.211 e. The number of rotatable bonds is 10. The van der Waals surface area contributed by atoms with E-state index >= 15 is 0 Å². The zero-order valence-electron chi connectivity index (χ0n) is 12.8. The quantitative estimate of drug-likeness (QED) is 0.350. The lowest BCUT2D eigenvalue weighted by molar-refractivity contribution is 0.210. The zero-order valence-corrected chi connectivity index (χ0v) is 12.8. The first kappa shape index (κ1) is 16.1. The van der Waals surface area contributed by atoms with Crippen molar-refractivity contribution in [1.29, 1.82) is 0 Å². The summed E-state index contributed by atoms with van der Waals surface area (Å²) >= 11 is 0. The molecular formula is C17H26N2O2. The molecule has 0 aromatic heterocycles. The van der Waals surface area contributed by atoms with Crippen LogP contribution >= 0.6 is 0 Å². The van der Waals surface area contributed by atoms with Crippen molar-refractivity contribution in [3.63, 3.8) is 0 Å². The van der Waals surface area contributed by atoms with Crippen LogP contribution in [0, 0.1) is 23.7 Å². The Kier molecular flexibility index (Phi) is 6.85. The normalized spacial score (nSPS) is 29.9. The molecule has 4 atom stereocenters. The lowest BCUT2D eigenvalue weighted by Crippen LogP contribution is -2.20. The van der Waals surface area contributed by atoms with Crippen LogP contribution in [0.15, 0.2) is 9.98 Å². The lowest BCUT2D eigenvalue weighted by Gasteiger charge is -2.29. The fraction of sp³-hybridized carbons (Fsp3) is 0.882. The van der Waals surface area contributed by atoms with E-state index in [4.69, 9.17) is 0 Å². The van der Waals surface area contributed by atoms with Crippen molar-refractivity contribution in [2.45, 2.75) is 57.8 Å². The third-order valence-corrected chi connectivity index (χ3v) is 5.41. The van der Waals surface area contributed by atoms with Crippen molar-refractivity contribution in [3.8, 4) is 0 Å². The van der Waals surface area contributed by atoms with Crippen molar-refractivity contribution in [3.05, 3.63) is 0 Å². The maximum atomic E-state index is 10.1. The summed E-state index contributed by atoms with van der Waals surface area (Å²) in [6, 6.07) is 0. The third-order valence-electron chi connectivity index (χ3n) is 5.41. The first-order valence-corrected chi connectivity index (χ1v) is 8.42. The van der Waals surface area contributed by atoms with Gasteiger partial charge in [-0.15, -0.1) is 0 Å². The second-order valence-corrected chi connectivity index (χ2v) is 6.69. The summed E-state index contributed by atoms with van der Waals surface area (Å²) < 4.78 is 0. The van der Waals surface area contributed by atoms with Gasteiger partial charge in [-0.3, -0.25) is 0 Å². The second kappa shape index (κ2) is 8.92. The lowest BCUT2D eigenvalue weighted by atomic mass is 9.76. The number of hydrogen-bond acceptors (Lipinski definition) is 4. The van der Waals surface area contributed by atoms with Gasteiger partial charge in [0.2, 0.25) is 12.2 Å². The second-order valence-electron chi connectivity index (χ2n) is 6.69. The van der Waals surface area contributed by atoms with E-state index in [1.165, 1.54) is 44.9 Å². The van der Waals surface area contributed by atoms with Crippen LogP contribution in [0.2, 0.25) is 0 Å². The van der Waals surface area contributed by atoms with E-state index in [9.17, 15) is 9.59 Å². The molecule has 116 valence electrons. The molecule has 21 heavy (non-hydrogen) atoms.